The first kappa shape index (κ1) is 12.8. The second-order valence-electron chi connectivity index (χ2n) is 3.62. The first-order valence-electron chi connectivity index (χ1n) is 5.54. The van der Waals surface area contributed by atoms with Crippen molar-refractivity contribution in [1.82, 2.24) is 0 Å². The fourth-order valence-corrected chi connectivity index (χ4v) is 3.98. The molecule has 1 aromatic carbocycles. The summed E-state index contributed by atoms with van der Waals surface area (Å²) < 4.78 is 6.90. The third-order valence-electron chi connectivity index (χ3n) is 2.47. The van der Waals surface area contributed by atoms with Gasteiger partial charge in [0.25, 0.3) is 0 Å². The summed E-state index contributed by atoms with van der Waals surface area (Å²) in [6.07, 6.45) is 2.86. The van der Waals surface area contributed by atoms with Crippen LogP contribution in [0.1, 0.15) is 38.4 Å². The standard InChI is InChI=1S/C13H20OSe/c1-4-5-10-15-13-9-7-6-8-12(13)11(2)14-3/h6-9,11H,4-5,10H2,1-3H3/t11-/m1/s1. The van der Waals surface area contributed by atoms with E-state index in [1.807, 2.05) is 0 Å². The minimum absolute atomic E-state index is 0.227. The van der Waals surface area contributed by atoms with Crippen molar-refractivity contribution in [3.63, 3.8) is 0 Å². The van der Waals surface area contributed by atoms with E-state index in [2.05, 4.69) is 38.1 Å². The van der Waals surface area contributed by atoms with Crippen molar-refractivity contribution in [3.05, 3.63) is 29.8 Å². The van der Waals surface area contributed by atoms with Crippen LogP contribution >= 0.6 is 0 Å². The quantitative estimate of drug-likeness (QED) is 0.571. The molecule has 0 radical (unpaired) electrons. The maximum absolute atomic E-state index is 5.39. The molecule has 0 aromatic heterocycles. The molecule has 84 valence electrons. The van der Waals surface area contributed by atoms with E-state index in [-0.39, 0.29) is 6.10 Å². The van der Waals surface area contributed by atoms with Crippen molar-refractivity contribution in [2.45, 2.75) is 38.1 Å². The second-order valence-corrected chi connectivity index (χ2v) is 6.00. The zero-order valence-electron chi connectivity index (χ0n) is 9.82. The fraction of sp³-hybridized carbons (Fsp3) is 0.538. The maximum atomic E-state index is 5.39. The van der Waals surface area contributed by atoms with E-state index in [1.165, 1.54) is 28.2 Å². The van der Waals surface area contributed by atoms with Gasteiger partial charge in [-0.05, 0) is 0 Å². The van der Waals surface area contributed by atoms with Gasteiger partial charge in [-0.3, -0.25) is 0 Å². The monoisotopic (exact) mass is 272 g/mol. The van der Waals surface area contributed by atoms with Gasteiger partial charge in [0.1, 0.15) is 0 Å². The summed E-state index contributed by atoms with van der Waals surface area (Å²) >= 11 is 0.611. The van der Waals surface area contributed by atoms with Crippen LogP contribution < -0.4 is 4.46 Å². The van der Waals surface area contributed by atoms with Gasteiger partial charge in [-0.25, -0.2) is 0 Å². The van der Waals surface area contributed by atoms with Gasteiger partial charge in [-0.1, -0.05) is 0 Å². The summed E-state index contributed by atoms with van der Waals surface area (Å²) in [5, 5.41) is 1.34. The van der Waals surface area contributed by atoms with E-state index in [0.29, 0.717) is 15.0 Å². The SMILES string of the molecule is CCCC[Se]c1ccccc1[C@@H](C)OC. The Kier molecular flexibility index (Phi) is 6.00. The van der Waals surface area contributed by atoms with Gasteiger partial charge in [0.15, 0.2) is 0 Å². The summed E-state index contributed by atoms with van der Waals surface area (Å²) in [7, 11) is 1.78. The molecule has 0 aliphatic carbocycles. The van der Waals surface area contributed by atoms with Crippen molar-refractivity contribution in [3.8, 4) is 0 Å². The topological polar surface area (TPSA) is 9.23 Å². The van der Waals surface area contributed by atoms with Crippen LogP contribution in [0, 0.1) is 0 Å². The minimum atomic E-state index is 0.227. The fourth-order valence-electron chi connectivity index (χ4n) is 1.40. The predicted molar refractivity (Wildman–Crippen MR) is 67.0 cm³/mol. The summed E-state index contributed by atoms with van der Waals surface area (Å²) in [5.41, 5.74) is 1.37. The Hall–Kier alpha value is -0.301. The Morgan fingerprint density at radius 1 is 1.33 bits per heavy atom. The van der Waals surface area contributed by atoms with Crippen LogP contribution in [0.2, 0.25) is 5.32 Å². The number of unbranched alkanes of at least 4 members (excludes halogenated alkanes) is 1. The second kappa shape index (κ2) is 7.05. The molecule has 0 heterocycles. The zero-order chi connectivity index (χ0) is 11.1. The number of benzene rings is 1. The van der Waals surface area contributed by atoms with Gasteiger partial charge in [0, 0.05) is 0 Å². The van der Waals surface area contributed by atoms with Gasteiger partial charge < -0.3 is 0 Å². The molecule has 1 nitrogen and oxygen atoms in total. The molecule has 1 atom stereocenters. The number of ether oxygens (including phenoxy) is 1. The summed E-state index contributed by atoms with van der Waals surface area (Å²) in [6.45, 7) is 4.37. The molecule has 2 heteroatoms. The van der Waals surface area contributed by atoms with E-state index in [0.717, 1.165) is 0 Å². The molecule has 0 fully saturated rings. The number of rotatable bonds is 6. The molecule has 1 rings (SSSR count). The molecule has 0 unspecified atom stereocenters. The molecule has 0 saturated heterocycles. The van der Waals surface area contributed by atoms with E-state index >= 15 is 0 Å². The van der Waals surface area contributed by atoms with Crippen molar-refractivity contribution in [1.29, 1.82) is 0 Å². The van der Waals surface area contributed by atoms with Crippen molar-refractivity contribution >= 4 is 19.4 Å². The van der Waals surface area contributed by atoms with Gasteiger partial charge in [0.2, 0.25) is 0 Å². The van der Waals surface area contributed by atoms with Crippen LogP contribution in [0.5, 0.6) is 0 Å². The molecule has 0 amide bonds. The van der Waals surface area contributed by atoms with E-state index in [1.54, 1.807) is 7.11 Å². The first-order chi connectivity index (χ1) is 7.29. The first-order valence-corrected chi connectivity index (χ1v) is 7.61. The molecule has 0 aliphatic rings. The molecule has 15 heavy (non-hydrogen) atoms. The van der Waals surface area contributed by atoms with Gasteiger partial charge in [-0.15, -0.1) is 0 Å². The normalized spacial score (nSPS) is 12.7. The molecule has 0 N–H and O–H groups in total. The summed E-state index contributed by atoms with van der Waals surface area (Å²) in [4.78, 5) is 0. The number of methoxy groups -OCH3 is 1. The van der Waals surface area contributed by atoms with Crippen LogP contribution in [0.15, 0.2) is 24.3 Å². The summed E-state index contributed by atoms with van der Waals surface area (Å²) in [6, 6.07) is 8.68. The Labute approximate surface area is 99.4 Å². The Bertz CT molecular complexity index is 286. The molecule has 1 aromatic rings. The summed E-state index contributed by atoms with van der Waals surface area (Å²) in [5.74, 6) is 0. The average molecular weight is 271 g/mol. The molecular weight excluding hydrogens is 251 g/mol. The van der Waals surface area contributed by atoms with Crippen molar-refractivity contribution in [2.75, 3.05) is 7.11 Å². The van der Waals surface area contributed by atoms with E-state index in [4.69, 9.17) is 4.74 Å². The number of hydrogen-bond acceptors (Lipinski definition) is 1. The average Bonchev–Trinajstić information content (AvgIpc) is 2.29. The van der Waals surface area contributed by atoms with Gasteiger partial charge >= 0.3 is 99.2 Å². The Morgan fingerprint density at radius 3 is 2.73 bits per heavy atom. The van der Waals surface area contributed by atoms with Crippen LogP contribution in [0.4, 0.5) is 0 Å². The number of hydrogen-bond donors (Lipinski definition) is 0. The molecule has 0 bridgehead atoms. The van der Waals surface area contributed by atoms with E-state index < -0.39 is 0 Å². The molecule has 0 saturated carbocycles. The molecule has 0 aliphatic heterocycles. The van der Waals surface area contributed by atoms with E-state index in [9.17, 15) is 0 Å². The molecule has 0 spiro atoms. The third kappa shape index (κ3) is 3.98. The Morgan fingerprint density at radius 2 is 2.07 bits per heavy atom. The third-order valence-corrected chi connectivity index (χ3v) is 4.93. The van der Waals surface area contributed by atoms with Crippen molar-refractivity contribution in [2.24, 2.45) is 0 Å². The van der Waals surface area contributed by atoms with Crippen LogP contribution in [0.3, 0.4) is 0 Å². The predicted octanol–water partition coefficient (Wildman–Crippen LogP) is 2.94. The Balaban J connectivity index is 2.68. The van der Waals surface area contributed by atoms with Crippen molar-refractivity contribution < 1.29 is 4.74 Å². The van der Waals surface area contributed by atoms with Crippen LogP contribution in [-0.4, -0.2) is 22.1 Å². The van der Waals surface area contributed by atoms with Gasteiger partial charge in [0.05, 0.1) is 0 Å². The van der Waals surface area contributed by atoms with Gasteiger partial charge in [-0.2, -0.15) is 0 Å². The van der Waals surface area contributed by atoms with Crippen LogP contribution in [-0.2, 0) is 4.74 Å². The van der Waals surface area contributed by atoms with Crippen LogP contribution in [0.25, 0.3) is 0 Å². The molecular formula is C13H20OSe. The zero-order valence-corrected chi connectivity index (χ0v) is 11.5.